The lowest BCUT2D eigenvalue weighted by Crippen LogP contribution is -2.24. The first kappa shape index (κ1) is 12.4. The van der Waals surface area contributed by atoms with Gasteiger partial charge in [0.05, 0.1) is 5.71 Å². The van der Waals surface area contributed by atoms with E-state index in [2.05, 4.69) is 20.7 Å². The number of allylic oxidation sites excluding steroid dienone is 4. The molecule has 0 aromatic heterocycles. The molecule has 2 amide bonds. The second kappa shape index (κ2) is 6.05. The van der Waals surface area contributed by atoms with E-state index in [4.69, 9.17) is 17.2 Å². The predicted molar refractivity (Wildman–Crippen MR) is 66.2 cm³/mol. The Morgan fingerprint density at radius 2 is 1.94 bits per heavy atom. The van der Waals surface area contributed by atoms with Gasteiger partial charge in [0, 0.05) is 12.1 Å². The molecule has 1 aliphatic carbocycles. The van der Waals surface area contributed by atoms with Crippen LogP contribution in [0.3, 0.4) is 0 Å². The largest absolute Gasteiger partial charge is 0.369 e. The third-order valence-electron chi connectivity index (χ3n) is 1.68. The Labute approximate surface area is 97.6 Å². The summed E-state index contributed by atoms with van der Waals surface area (Å²) >= 11 is 0. The SMILES string of the molecule is NC(=O)NN=CC1C=CC(=NN=C(N)N)C=C1. The van der Waals surface area contributed by atoms with Gasteiger partial charge in [-0.25, -0.2) is 10.2 Å². The number of guanidine groups is 1. The number of urea groups is 1. The van der Waals surface area contributed by atoms with Crippen molar-refractivity contribution >= 4 is 23.9 Å². The summed E-state index contributed by atoms with van der Waals surface area (Å²) in [5, 5.41) is 10.9. The Kier molecular flexibility index (Phi) is 4.43. The lowest BCUT2D eigenvalue weighted by atomic mass is 10.0. The zero-order valence-electron chi connectivity index (χ0n) is 8.95. The molecule has 0 heterocycles. The number of nitrogens with zero attached hydrogens (tertiary/aromatic N) is 3. The normalized spacial score (nSPS) is 18.1. The first-order valence-electron chi connectivity index (χ1n) is 4.69. The summed E-state index contributed by atoms with van der Waals surface area (Å²) in [6, 6.07) is -0.708. The van der Waals surface area contributed by atoms with E-state index in [9.17, 15) is 4.79 Å². The molecular weight excluding hydrogens is 222 g/mol. The zero-order valence-corrected chi connectivity index (χ0v) is 8.95. The number of carbonyl (C=O) groups excluding carboxylic acids is 1. The lowest BCUT2D eigenvalue weighted by Gasteiger charge is -2.04. The highest BCUT2D eigenvalue weighted by molar-refractivity contribution is 6.05. The Bertz CT molecular complexity index is 413. The van der Waals surface area contributed by atoms with Crippen molar-refractivity contribution < 1.29 is 4.79 Å². The summed E-state index contributed by atoms with van der Waals surface area (Å²) in [6.07, 6.45) is 8.61. The molecule has 1 aliphatic rings. The van der Waals surface area contributed by atoms with E-state index in [0.29, 0.717) is 5.71 Å². The summed E-state index contributed by atoms with van der Waals surface area (Å²) in [5.74, 6) is -0.145. The minimum Gasteiger partial charge on any atom is -0.369 e. The molecule has 1 rings (SSSR count). The number of hydrazone groups is 1. The highest BCUT2D eigenvalue weighted by Crippen LogP contribution is 2.05. The number of primary amides is 1. The highest BCUT2D eigenvalue weighted by atomic mass is 16.2. The Balaban J connectivity index is 2.53. The van der Waals surface area contributed by atoms with Crippen molar-refractivity contribution in [1.82, 2.24) is 5.43 Å². The first-order valence-corrected chi connectivity index (χ1v) is 4.69. The number of amides is 2. The van der Waals surface area contributed by atoms with E-state index in [1.807, 2.05) is 12.2 Å². The van der Waals surface area contributed by atoms with Crippen LogP contribution in [0.25, 0.3) is 0 Å². The van der Waals surface area contributed by atoms with E-state index in [0.717, 1.165) is 0 Å². The van der Waals surface area contributed by atoms with Gasteiger partial charge in [0.25, 0.3) is 0 Å². The van der Waals surface area contributed by atoms with Gasteiger partial charge in [-0.15, -0.1) is 10.2 Å². The van der Waals surface area contributed by atoms with E-state index < -0.39 is 6.03 Å². The summed E-state index contributed by atoms with van der Waals surface area (Å²) in [4.78, 5) is 10.3. The maximum absolute atomic E-state index is 10.3. The van der Waals surface area contributed by atoms with Gasteiger partial charge < -0.3 is 17.2 Å². The molecule has 7 N–H and O–H groups in total. The molecule has 90 valence electrons. The molecule has 0 aliphatic heterocycles. The minimum absolute atomic E-state index is 0.0417. The fourth-order valence-electron chi connectivity index (χ4n) is 1.01. The van der Waals surface area contributed by atoms with Crippen molar-refractivity contribution in [3.8, 4) is 0 Å². The van der Waals surface area contributed by atoms with Gasteiger partial charge in [-0.2, -0.15) is 5.10 Å². The van der Waals surface area contributed by atoms with Gasteiger partial charge in [-0.3, -0.25) is 0 Å². The predicted octanol–water partition coefficient (Wildman–Crippen LogP) is -0.988. The quantitative estimate of drug-likeness (QED) is 0.283. The van der Waals surface area contributed by atoms with Crippen LogP contribution in [0.5, 0.6) is 0 Å². The van der Waals surface area contributed by atoms with Gasteiger partial charge in [0.1, 0.15) is 0 Å². The van der Waals surface area contributed by atoms with Gasteiger partial charge in [0.2, 0.25) is 5.96 Å². The fraction of sp³-hybridized carbons (Fsp3) is 0.111. The van der Waals surface area contributed by atoms with Crippen molar-refractivity contribution in [2.24, 2.45) is 38.4 Å². The standard InChI is InChI=1S/C9H13N7O/c10-8(11)15-14-7-3-1-6(2-4-7)5-13-16-9(12)17/h1-6H,(H4,10,11,15)(H3,12,16,17). The zero-order chi connectivity index (χ0) is 12.7. The number of rotatable bonds is 3. The van der Waals surface area contributed by atoms with Crippen molar-refractivity contribution in [2.45, 2.75) is 0 Å². The van der Waals surface area contributed by atoms with Crippen molar-refractivity contribution in [1.29, 1.82) is 0 Å². The molecule has 0 unspecified atom stereocenters. The summed E-state index contributed by atoms with van der Waals surface area (Å²) < 4.78 is 0. The van der Waals surface area contributed by atoms with Crippen molar-refractivity contribution in [2.75, 3.05) is 0 Å². The van der Waals surface area contributed by atoms with E-state index in [1.54, 1.807) is 12.2 Å². The first-order chi connectivity index (χ1) is 8.08. The third kappa shape index (κ3) is 5.11. The van der Waals surface area contributed by atoms with Crippen LogP contribution in [0.15, 0.2) is 39.6 Å². The fourth-order valence-corrected chi connectivity index (χ4v) is 1.01. The summed E-state index contributed by atoms with van der Waals surface area (Å²) in [6.45, 7) is 0. The molecule has 0 aromatic rings. The summed E-state index contributed by atoms with van der Waals surface area (Å²) in [5.41, 5.74) is 17.8. The number of carbonyl (C=O) groups is 1. The van der Waals surface area contributed by atoms with Crippen molar-refractivity contribution in [3.63, 3.8) is 0 Å². The van der Waals surface area contributed by atoms with E-state index in [-0.39, 0.29) is 11.9 Å². The van der Waals surface area contributed by atoms with Crippen LogP contribution < -0.4 is 22.6 Å². The number of nitrogens with two attached hydrogens (primary N) is 3. The molecule has 0 atom stereocenters. The average Bonchev–Trinajstić information content (AvgIpc) is 2.27. The third-order valence-corrected chi connectivity index (χ3v) is 1.68. The van der Waals surface area contributed by atoms with Crippen LogP contribution in [0.2, 0.25) is 0 Å². The van der Waals surface area contributed by atoms with Crippen molar-refractivity contribution in [3.05, 3.63) is 24.3 Å². The number of hydrogen-bond acceptors (Lipinski definition) is 4. The Morgan fingerprint density at radius 1 is 1.29 bits per heavy atom. The van der Waals surface area contributed by atoms with Crippen LogP contribution in [-0.4, -0.2) is 23.9 Å². The molecule has 0 aromatic carbocycles. The van der Waals surface area contributed by atoms with Gasteiger partial charge in [-0.05, 0) is 12.2 Å². The maximum atomic E-state index is 10.3. The molecular formula is C9H13N7O. The maximum Gasteiger partial charge on any atom is 0.332 e. The van der Waals surface area contributed by atoms with Crippen LogP contribution in [0, 0.1) is 5.92 Å². The van der Waals surface area contributed by atoms with Crippen LogP contribution >= 0.6 is 0 Å². The number of hydrogen-bond donors (Lipinski definition) is 4. The second-order valence-electron chi connectivity index (χ2n) is 3.10. The monoisotopic (exact) mass is 235 g/mol. The van der Waals surface area contributed by atoms with E-state index in [1.165, 1.54) is 6.21 Å². The molecule has 0 saturated heterocycles. The highest BCUT2D eigenvalue weighted by Gasteiger charge is 2.02. The topological polar surface area (TPSA) is 144 Å². The lowest BCUT2D eigenvalue weighted by molar-refractivity contribution is 0.249. The molecule has 17 heavy (non-hydrogen) atoms. The summed E-state index contributed by atoms with van der Waals surface area (Å²) in [7, 11) is 0. The molecule has 0 radical (unpaired) electrons. The molecule has 0 saturated carbocycles. The molecule has 0 bridgehead atoms. The van der Waals surface area contributed by atoms with Gasteiger partial charge in [-0.1, -0.05) is 12.2 Å². The van der Waals surface area contributed by atoms with Gasteiger partial charge in [0.15, 0.2) is 0 Å². The molecule has 0 fully saturated rings. The smallest absolute Gasteiger partial charge is 0.332 e. The van der Waals surface area contributed by atoms with Crippen LogP contribution in [0.1, 0.15) is 0 Å². The molecule has 8 nitrogen and oxygen atoms in total. The van der Waals surface area contributed by atoms with Crippen LogP contribution in [0.4, 0.5) is 4.79 Å². The average molecular weight is 235 g/mol. The van der Waals surface area contributed by atoms with Crippen LogP contribution in [-0.2, 0) is 0 Å². The molecule has 0 spiro atoms. The molecule has 8 heteroatoms. The Morgan fingerprint density at radius 3 is 2.47 bits per heavy atom. The van der Waals surface area contributed by atoms with E-state index >= 15 is 0 Å². The number of nitrogens with one attached hydrogen (secondary N) is 1. The second-order valence-corrected chi connectivity index (χ2v) is 3.10. The van der Waals surface area contributed by atoms with Gasteiger partial charge >= 0.3 is 6.03 Å². The Hall–Kier alpha value is -2.64. The minimum atomic E-state index is -0.708.